The third-order valence-electron chi connectivity index (χ3n) is 4.47. The summed E-state index contributed by atoms with van der Waals surface area (Å²) in [6.45, 7) is 4.84. The van der Waals surface area contributed by atoms with Crippen molar-refractivity contribution in [1.82, 2.24) is 0 Å². The van der Waals surface area contributed by atoms with Crippen molar-refractivity contribution in [2.75, 3.05) is 0 Å². The first-order chi connectivity index (χ1) is 10.7. The molecule has 3 aromatic carbocycles. The van der Waals surface area contributed by atoms with Crippen LogP contribution in [0, 0.1) is 0 Å². The van der Waals surface area contributed by atoms with Gasteiger partial charge in [-0.15, -0.1) is 0 Å². The monoisotopic (exact) mass is 367 g/mol. The quantitative estimate of drug-likeness (QED) is 0.625. The summed E-state index contributed by atoms with van der Waals surface area (Å²) < 4.78 is 3.04. The molecule has 0 fully saturated rings. The number of hydrogen-bond acceptors (Lipinski definition) is 0. The van der Waals surface area contributed by atoms with Gasteiger partial charge in [-0.3, -0.25) is 0 Å². The Morgan fingerprint density at radius 1 is 0.773 bits per heavy atom. The van der Waals surface area contributed by atoms with Gasteiger partial charge in [-0.25, -0.2) is 0 Å². The van der Waals surface area contributed by atoms with Crippen molar-refractivity contribution >= 4 is 48.6 Å². The van der Waals surface area contributed by atoms with Crippen LogP contribution in [0.2, 0.25) is 13.1 Å². The molecule has 1 aliphatic carbocycles. The van der Waals surface area contributed by atoms with Gasteiger partial charge in [0.2, 0.25) is 0 Å². The van der Waals surface area contributed by atoms with Crippen LogP contribution in [0.3, 0.4) is 0 Å². The Kier molecular flexibility index (Phi) is 3.69. The van der Waals surface area contributed by atoms with Crippen LogP contribution in [0.15, 0.2) is 54.6 Å². The van der Waals surface area contributed by atoms with Crippen molar-refractivity contribution < 1.29 is 0 Å². The molecule has 0 spiro atoms. The summed E-state index contributed by atoms with van der Waals surface area (Å²) in [6.07, 6.45) is 2.45. The van der Waals surface area contributed by atoms with E-state index in [4.69, 9.17) is 0 Å². The van der Waals surface area contributed by atoms with E-state index in [1.165, 1.54) is 17.3 Å². The van der Waals surface area contributed by atoms with Crippen molar-refractivity contribution in [2.24, 2.45) is 0 Å². The minimum absolute atomic E-state index is 0.396. The summed E-state index contributed by atoms with van der Waals surface area (Å²) in [5, 5.41) is 4.83. The average molecular weight is 366 g/mol. The van der Waals surface area contributed by atoms with Crippen LogP contribution in [0.5, 0.6) is 0 Å². The van der Waals surface area contributed by atoms with Gasteiger partial charge in [0, 0.05) is 0 Å². The van der Waals surface area contributed by atoms with Gasteiger partial charge in [-0.2, -0.15) is 0 Å². The summed E-state index contributed by atoms with van der Waals surface area (Å²) in [4.78, 5) is 0. The molecular formula is C20H19SeSi. The molecule has 0 bridgehead atoms. The molecule has 109 valence electrons. The fourth-order valence-electron chi connectivity index (χ4n) is 3.41. The van der Waals surface area contributed by atoms with Gasteiger partial charge < -0.3 is 0 Å². The Bertz CT molecular complexity index is 827. The molecule has 1 radical (unpaired) electrons. The van der Waals surface area contributed by atoms with Crippen molar-refractivity contribution in [3.8, 4) is 0 Å². The van der Waals surface area contributed by atoms with Gasteiger partial charge in [0.1, 0.15) is 0 Å². The van der Waals surface area contributed by atoms with Gasteiger partial charge in [0.05, 0.1) is 0 Å². The first-order valence-corrected chi connectivity index (χ1v) is 12.1. The standard InChI is InChI=1S/C20H19SeSi/c1-22(2)18-13-11-15-9-8-14-10-12-17(20(18)19(14)15)21-16-6-4-3-5-7-16/h3-7,10-13H,8-9H2,1-2H3. The Hall–Kier alpha value is -1.34. The van der Waals surface area contributed by atoms with Crippen LogP contribution >= 0.6 is 0 Å². The van der Waals surface area contributed by atoms with Gasteiger partial charge in [-0.1, -0.05) is 0 Å². The second kappa shape index (κ2) is 5.70. The molecule has 3 aromatic rings. The van der Waals surface area contributed by atoms with E-state index < -0.39 is 8.80 Å². The Morgan fingerprint density at radius 3 is 2.14 bits per heavy atom. The molecule has 0 saturated carbocycles. The molecule has 1 aliphatic rings. The van der Waals surface area contributed by atoms with Gasteiger partial charge >= 0.3 is 140 Å². The molecule has 0 atom stereocenters. The molecule has 0 aromatic heterocycles. The fourth-order valence-corrected chi connectivity index (χ4v) is 6.89. The first-order valence-electron chi connectivity index (χ1n) is 7.85. The van der Waals surface area contributed by atoms with E-state index >= 15 is 0 Å². The SMILES string of the molecule is C[Si](C)c1ccc2c3c(ccc([Se]c4ccccc4)c13)CC2. The maximum atomic E-state index is 2.42. The van der Waals surface area contributed by atoms with Crippen LogP contribution in [0.1, 0.15) is 11.1 Å². The summed E-state index contributed by atoms with van der Waals surface area (Å²) in [5.74, 6) is 0. The summed E-state index contributed by atoms with van der Waals surface area (Å²) >= 11 is 0.396. The van der Waals surface area contributed by atoms with E-state index in [1.54, 1.807) is 31.5 Å². The van der Waals surface area contributed by atoms with Crippen LogP contribution in [-0.2, 0) is 12.8 Å². The molecule has 22 heavy (non-hydrogen) atoms. The topological polar surface area (TPSA) is 0 Å². The van der Waals surface area contributed by atoms with Gasteiger partial charge in [-0.05, 0) is 0 Å². The van der Waals surface area contributed by atoms with E-state index in [1.807, 2.05) is 0 Å². The predicted molar refractivity (Wildman–Crippen MR) is 99.9 cm³/mol. The summed E-state index contributed by atoms with van der Waals surface area (Å²) in [6, 6.07) is 20.6. The zero-order chi connectivity index (χ0) is 15.1. The van der Waals surface area contributed by atoms with Crippen LogP contribution in [0.4, 0.5) is 0 Å². The van der Waals surface area contributed by atoms with E-state index in [-0.39, 0.29) is 0 Å². The molecule has 4 rings (SSSR count). The third kappa shape index (κ3) is 2.36. The molecule has 0 heterocycles. The second-order valence-electron chi connectivity index (χ2n) is 6.16. The van der Waals surface area contributed by atoms with E-state index in [2.05, 4.69) is 67.7 Å². The maximum absolute atomic E-state index is 2.42. The van der Waals surface area contributed by atoms with Crippen LogP contribution in [-0.4, -0.2) is 23.8 Å². The van der Waals surface area contributed by atoms with Crippen LogP contribution < -0.4 is 14.1 Å². The molecule has 2 heteroatoms. The second-order valence-corrected chi connectivity index (χ2v) is 11.0. The van der Waals surface area contributed by atoms with E-state index in [0.717, 1.165) is 0 Å². The number of aryl methyl sites for hydroxylation is 2. The third-order valence-corrected chi connectivity index (χ3v) is 8.20. The first kappa shape index (κ1) is 14.3. The van der Waals surface area contributed by atoms with E-state index in [9.17, 15) is 0 Å². The van der Waals surface area contributed by atoms with Crippen molar-refractivity contribution in [2.45, 2.75) is 25.9 Å². The Morgan fingerprint density at radius 2 is 1.45 bits per heavy atom. The van der Waals surface area contributed by atoms with Gasteiger partial charge in [0.25, 0.3) is 0 Å². The Balaban J connectivity index is 1.95. The van der Waals surface area contributed by atoms with Crippen molar-refractivity contribution in [3.05, 3.63) is 65.7 Å². The average Bonchev–Trinajstić information content (AvgIpc) is 2.95. The minimum atomic E-state index is -0.446. The zero-order valence-electron chi connectivity index (χ0n) is 13.0. The molecule has 0 aliphatic heterocycles. The van der Waals surface area contributed by atoms with E-state index in [0.29, 0.717) is 15.0 Å². The zero-order valence-corrected chi connectivity index (χ0v) is 15.7. The van der Waals surface area contributed by atoms with Crippen molar-refractivity contribution in [1.29, 1.82) is 0 Å². The number of benzene rings is 3. The predicted octanol–water partition coefficient (Wildman–Crippen LogP) is 2.55. The van der Waals surface area contributed by atoms with Crippen LogP contribution in [0.25, 0.3) is 10.8 Å². The summed E-state index contributed by atoms with van der Waals surface area (Å²) in [7, 11) is -0.446. The summed E-state index contributed by atoms with van der Waals surface area (Å²) in [5.41, 5.74) is 3.14. The van der Waals surface area contributed by atoms with Gasteiger partial charge in [0.15, 0.2) is 0 Å². The number of rotatable bonds is 3. The molecule has 0 unspecified atom stereocenters. The molecule has 0 amide bonds. The number of hydrogen-bond donors (Lipinski definition) is 0. The fraction of sp³-hybridized carbons (Fsp3) is 0.200. The molecular weight excluding hydrogens is 347 g/mol. The molecule has 0 nitrogen and oxygen atoms in total. The normalized spacial score (nSPS) is 13.2. The molecule has 0 saturated heterocycles. The van der Waals surface area contributed by atoms with Crippen molar-refractivity contribution in [3.63, 3.8) is 0 Å². The Labute approximate surface area is 140 Å². The molecule has 0 N–H and O–H groups in total.